The normalized spacial score (nSPS) is 11.6. The summed E-state index contributed by atoms with van der Waals surface area (Å²) in [7, 11) is 0. The number of aromatic nitrogens is 3. The molecule has 1 unspecified atom stereocenters. The third-order valence-corrected chi connectivity index (χ3v) is 6.23. The minimum Gasteiger partial charge on any atom is -0.459 e. The van der Waals surface area contributed by atoms with E-state index in [1.807, 2.05) is 48.7 Å². The van der Waals surface area contributed by atoms with Crippen LogP contribution < -0.4 is 10.6 Å². The van der Waals surface area contributed by atoms with Gasteiger partial charge in [0.15, 0.2) is 16.7 Å². The van der Waals surface area contributed by atoms with Gasteiger partial charge in [0, 0.05) is 5.69 Å². The van der Waals surface area contributed by atoms with E-state index in [1.54, 1.807) is 36.4 Å². The standard InChI is InChI=1S/C26H24N6O3S/c1-17(2)23(29-25(34)21-13-8-14-35-21)24-30-31-26(32(24)19-10-4-3-5-11-19)36-16-22(33)28-20-12-7-6-9-18(20)15-27/h3-14,17,23H,16H2,1-2H3,(H,28,33)(H,29,34). The van der Waals surface area contributed by atoms with E-state index in [9.17, 15) is 14.9 Å². The van der Waals surface area contributed by atoms with E-state index >= 15 is 0 Å². The van der Waals surface area contributed by atoms with Crippen molar-refractivity contribution in [3.05, 3.63) is 90.1 Å². The second-order valence-corrected chi connectivity index (χ2v) is 9.12. The van der Waals surface area contributed by atoms with Gasteiger partial charge in [-0.25, -0.2) is 0 Å². The quantitative estimate of drug-likeness (QED) is 0.322. The summed E-state index contributed by atoms with van der Waals surface area (Å²) < 4.78 is 7.08. The molecule has 36 heavy (non-hydrogen) atoms. The maximum Gasteiger partial charge on any atom is 0.287 e. The van der Waals surface area contributed by atoms with Gasteiger partial charge in [-0.15, -0.1) is 10.2 Å². The van der Waals surface area contributed by atoms with Crippen LogP contribution in [0.25, 0.3) is 5.69 Å². The Morgan fingerprint density at radius 1 is 1.06 bits per heavy atom. The SMILES string of the molecule is CC(C)C(NC(=O)c1ccco1)c1nnc(SCC(=O)Nc2ccccc2C#N)n1-c1ccccc1. The number of hydrogen-bond donors (Lipinski definition) is 2. The molecule has 2 amide bonds. The van der Waals surface area contributed by atoms with Crippen molar-refractivity contribution in [1.82, 2.24) is 20.1 Å². The molecule has 2 aromatic heterocycles. The van der Waals surface area contributed by atoms with Gasteiger partial charge in [0.25, 0.3) is 5.91 Å². The van der Waals surface area contributed by atoms with Crippen molar-refractivity contribution in [3.8, 4) is 11.8 Å². The zero-order chi connectivity index (χ0) is 25.5. The summed E-state index contributed by atoms with van der Waals surface area (Å²) in [6.45, 7) is 3.95. The van der Waals surface area contributed by atoms with E-state index < -0.39 is 6.04 Å². The van der Waals surface area contributed by atoms with Crippen LogP contribution in [0, 0.1) is 17.2 Å². The Morgan fingerprint density at radius 3 is 2.50 bits per heavy atom. The van der Waals surface area contributed by atoms with Gasteiger partial charge >= 0.3 is 0 Å². The molecular formula is C26H24N6O3S. The molecule has 0 aliphatic rings. The fourth-order valence-electron chi connectivity index (χ4n) is 3.55. The molecule has 2 N–H and O–H groups in total. The van der Waals surface area contributed by atoms with Crippen LogP contribution in [0.15, 0.2) is 82.6 Å². The zero-order valence-electron chi connectivity index (χ0n) is 19.7. The van der Waals surface area contributed by atoms with Crippen molar-refractivity contribution in [1.29, 1.82) is 5.26 Å². The van der Waals surface area contributed by atoms with Crippen LogP contribution in [0.1, 0.15) is 41.8 Å². The first-order valence-corrected chi connectivity index (χ1v) is 12.2. The molecule has 9 nitrogen and oxygen atoms in total. The topological polar surface area (TPSA) is 126 Å². The summed E-state index contributed by atoms with van der Waals surface area (Å²) in [5.41, 5.74) is 1.64. The lowest BCUT2D eigenvalue weighted by Crippen LogP contribution is -2.33. The molecule has 0 spiro atoms. The fraction of sp³-hybridized carbons (Fsp3) is 0.192. The van der Waals surface area contributed by atoms with Crippen molar-refractivity contribution in [2.75, 3.05) is 11.1 Å². The first-order chi connectivity index (χ1) is 17.5. The van der Waals surface area contributed by atoms with Crippen LogP contribution in [0.2, 0.25) is 0 Å². The lowest BCUT2D eigenvalue weighted by atomic mass is 10.0. The largest absolute Gasteiger partial charge is 0.459 e. The number of thioether (sulfide) groups is 1. The molecule has 0 saturated heterocycles. The Bertz CT molecular complexity index is 1380. The molecule has 0 aliphatic carbocycles. The van der Waals surface area contributed by atoms with Crippen LogP contribution in [0.3, 0.4) is 0 Å². The molecule has 0 bridgehead atoms. The first-order valence-electron chi connectivity index (χ1n) is 11.2. The number of carbonyl (C=O) groups is 2. The predicted octanol–water partition coefficient (Wildman–Crippen LogP) is 4.59. The van der Waals surface area contributed by atoms with Gasteiger partial charge in [-0.05, 0) is 42.3 Å². The van der Waals surface area contributed by atoms with Crippen molar-refractivity contribution in [3.63, 3.8) is 0 Å². The molecule has 0 radical (unpaired) electrons. The number of furan rings is 1. The van der Waals surface area contributed by atoms with Crippen molar-refractivity contribution in [2.45, 2.75) is 25.0 Å². The third-order valence-electron chi connectivity index (χ3n) is 5.30. The molecule has 0 fully saturated rings. The van der Waals surface area contributed by atoms with E-state index in [2.05, 4.69) is 26.9 Å². The number of amides is 2. The van der Waals surface area contributed by atoms with Crippen molar-refractivity contribution < 1.29 is 14.0 Å². The average Bonchev–Trinajstić information content (AvgIpc) is 3.57. The molecule has 182 valence electrons. The van der Waals surface area contributed by atoms with Gasteiger partial charge in [-0.1, -0.05) is 55.9 Å². The summed E-state index contributed by atoms with van der Waals surface area (Å²) in [6.07, 6.45) is 1.45. The Morgan fingerprint density at radius 2 is 1.81 bits per heavy atom. The molecule has 4 rings (SSSR count). The summed E-state index contributed by atoms with van der Waals surface area (Å²) in [6, 6.07) is 21.2. The van der Waals surface area contributed by atoms with E-state index in [0.717, 1.165) is 5.69 Å². The van der Waals surface area contributed by atoms with Gasteiger partial charge < -0.3 is 15.1 Å². The second kappa shape index (κ2) is 11.4. The molecule has 2 heterocycles. The van der Waals surface area contributed by atoms with E-state index in [1.165, 1.54) is 18.0 Å². The number of para-hydroxylation sites is 2. The van der Waals surface area contributed by atoms with E-state index in [-0.39, 0.29) is 29.2 Å². The minimum atomic E-state index is -0.471. The molecular weight excluding hydrogens is 476 g/mol. The van der Waals surface area contributed by atoms with Gasteiger partial charge in [-0.3, -0.25) is 14.2 Å². The van der Waals surface area contributed by atoms with Crippen molar-refractivity contribution >= 4 is 29.3 Å². The van der Waals surface area contributed by atoms with Crippen LogP contribution in [-0.2, 0) is 4.79 Å². The number of rotatable bonds is 9. The second-order valence-electron chi connectivity index (χ2n) is 8.18. The minimum absolute atomic E-state index is 0.0146. The van der Waals surface area contributed by atoms with Crippen LogP contribution in [0.5, 0.6) is 0 Å². The number of nitriles is 1. The van der Waals surface area contributed by atoms with Gasteiger partial charge in [0.1, 0.15) is 6.07 Å². The zero-order valence-corrected chi connectivity index (χ0v) is 20.5. The Labute approximate surface area is 212 Å². The van der Waals surface area contributed by atoms with Crippen LogP contribution in [-0.4, -0.2) is 32.3 Å². The summed E-state index contributed by atoms with van der Waals surface area (Å²) in [4.78, 5) is 25.4. The van der Waals surface area contributed by atoms with Crippen molar-refractivity contribution in [2.24, 2.45) is 5.92 Å². The maximum absolute atomic E-state index is 12.7. The van der Waals surface area contributed by atoms with Crippen LogP contribution in [0.4, 0.5) is 5.69 Å². The number of nitrogens with zero attached hydrogens (tertiary/aromatic N) is 4. The third kappa shape index (κ3) is 5.64. The fourth-order valence-corrected chi connectivity index (χ4v) is 4.31. The Hall–Kier alpha value is -4.36. The highest BCUT2D eigenvalue weighted by molar-refractivity contribution is 7.99. The summed E-state index contributed by atoms with van der Waals surface area (Å²) in [5, 5.41) is 24.3. The number of hydrogen-bond acceptors (Lipinski definition) is 7. The van der Waals surface area contributed by atoms with E-state index in [0.29, 0.717) is 22.2 Å². The molecule has 2 aromatic carbocycles. The van der Waals surface area contributed by atoms with Gasteiger partial charge in [0.2, 0.25) is 5.91 Å². The molecule has 10 heteroatoms. The number of anilines is 1. The number of carbonyl (C=O) groups excluding carboxylic acids is 2. The lowest BCUT2D eigenvalue weighted by Gasteiger charge is -2.22. The van der Waals surface area contributed by atoms with Gasteiger partial charge in [0.05, 0.1) is 29.3 Å². The lowest BCUT2D eigenvalue weighted by molar-refractivity contribution is -0.113. The summed E-state index contributed by atoms with van der Waals surface area (Å²) in [5.74, 6) is 0.142. The highest BCUT2D eigenvalue weighted by Crippen LogP contribution is 2.29. The smallest absolute Gasteiger partial charge is 0.287 e. The molecule has 0 aliphatic heterocycles. The Kier molecular flexibility index (Phi) is 7.82. The van der Waals surface area contributed by atoms with Gasteiger partial charge in [-0.2, -0.15) is 5.26 Å². The Balaban J connectivity index is 1.59. The van der Waals surface area contributed by atoms with E-state index in [4.69, 9.17) is 4.42 Å². The molecule has 4 aromatic rings. The molecule has 0 saturated carbocycles. The van der Waals surface area contributed by atoms with Crippen LogP contribution >= 0.6 is 11.8 Å². The summed E-state index contributed by atoms with van der Waals surface area (Å²) >= 11 is 1.21. The maximum atomic E-state index is 12.7. The number of benzene rings is 2. The predicted molar refractivity (Wildman–Crippen MR) is 136 cm³/mol. The highest BCUT2D eigenvalue weighted by Gasteiger charge is 2.28. The average molecular weight is 501 g/mol. The highest BCUT2D eigenvalue weighted by atomic mass is 32.2. The molecule has 1 atom stereocenters. The first kappa shape index (κ1) is 24.8. The monoisotopic (exact) mass is 500 g/mol. The number of nitrogens with one attached hydrogen (secondary N) is 2.